The third-order valence-corrected chi connectivity index (χ3v) is 4.24. The SMILES string of the molecule is CCCOc1ccccc1OCC(=O)O[C@H](C)C(=O)NCc1ccc2c(c1)OCO2. The van der Waals surface area contributed by atoms with E-state index in [1.807, 2.05) is 19.1 Å². The average Bonchev–Trinajstić information content (AvgIpc) is 3.23. The summed E-state index contributed by atoms with van der Waals surface area (Å²) < 4.78 is 26.8. The van der Waals surface area contributed by atoms with E-state index < -0.39 is 18.0 Å². The second-order valence-corrected chi connectivity index (χ2v) is 6.62. The van der Waals surface area contributed by atoms with Crippen LogP contribution in [0.3, 0.4) is 0 Å². The van der Waals surface area contributed by atoms with Crippen molar-refractivity contribution in [3.05, 3.63) is 48.0 Å². The predicted octanol–water partition coefficient (Wildman–Crippen LogP) is 2.83. The number of benzene rings is 2. The molecule has 0 unspecified atom stereocenters. The van der Waals surface area contributed by atoms with Gasteiger partial charge in [-0.05, 0) is 43.2 Å². The van der Waals surface area contributed by atoms with Crippen LogP contribution in [0.25, 0.3) is 0 Å². The number of esters is 1. The van der Waals surface area contributed by atoms with Gasteiger partial charge in [0.15, 0.2) is 35.7 Å². The van der Waals surface area contributed by atoms with E-state index in [-0.39, 0.29) is 19.9 Å². The standard InChI is InChI=1S/C22H25NO7/c1-3-10-26-17-6-4-5-7-18(17)27-13-21(24)30-15(2)22(25)23-12-16-8-9-19-20(11-16)29-14-28-19/h4-9,11,15H,3,10,12-14H2,1-2H3,(H,23,25)/t15-/m1/s1. The zero-order valence-electron chi connectivity index (χ0n) is 17.0. The number of ether oxygens (including phenoxy) is 5. The van der Waals surface area contributed by atoms with Crippen LogP contribution in [0.1, 0.15) is 25.8 Å². The molecule has 30 heavy (non-hydrogen) atoms. The molecular formula is C22H25NO7. The highest BCUT2D eigenvalue weighted by atomic mass is 16.7. The normalized spacial score (nSPS) is 12.7. The summed E-state index contributed by atoms with van der Waals surface area (Å²) in [5.41, 5.74) is 0.846. The van der Waals surface area contributed by atoms with Gasteiger partial charge in [-0.1, -0.05) is 25.1 Å². The molecular weight excluding hydrogens is 390 g/mol. The maximum Gasteiger partial charge on any atom is 0.344 e. The van der Waals surface area contributed by atoms with E-state index >= 15 is 0 Å². The Labute approximate surface area is 175 Å². The van der Waals surface area contributed by atoms with Gasteiger partial charge in [0.05, 0.1) is 6.61 Å². The van der Waals surface area contributed by atoms with E-state index in [1.165, 1.54) is 6.92 Å². The molecule has 2 aromatic carbocycles. The molecule has 8 heteroatoms. The van der Waals surface area contributed by atoms with Gasteiger partial charge in [-0.15, -0.1) is 0 Å². The van der Waals surface area contributed by atoms with Gasteiger partial charge >= 0.3 is 5.97 Å². The van der Waals surface area contributed by atoms with E-state index in [0.717, 1.165) is 12.0 Å². The quantitative estimate of drug-likeness (QED) is 0.597. The molecule has 0 aliphatic carbocycles. The molecule has 1 heterocycles. The van der Waals surface area contributed by atoms with E-state index in [0.29, 0.717) is 29.6 Å². The van der Waals surface area contributed by atoms with Crippen molar-refractivity contribution in [2.24, 2.45) is 0 Å². The molecule has 160 valence electrons. The minimum absolute atomic E-state index is 0.190. The number of fused-ring (bicyclic) bond motifs is 1. The van der Waals surface area contributed by atoms with Crippen molar-refractivity contribution in [3.63, 3.8) is 0 Å². The molecule has 1 aliphatic heterocycles. The van der Waals surface area contributed by atoms with Crippen LogP contribution in [0, 0.1) is 0 Å². The molecule has 1 aliphatic rings. The smallest absolute Gasteiger partial charge is 0.344 e. The Morgan fingerprint density at radius 3 is 2.57 bits per heavy atom. The van der Waals surface area contributed by atoms with Crippen LogP contribution in [0.4, 0.5) is 0 Å². The Balaban J connectivity index is 1.43. The number of carbonyl (C=O) groups is 2. The average molecular weight is 415 g/mol. The fraction of sp³-hybridized carbons (Fsp3) is 0.364. The van der Waals surface area contributed by atoms with E-state index in [1.54, 1.807) is 30.3 Å². The highest BCUT2D eigenvalue weighted by Gasteiger charge is 2.19. The molecule has 8 nitrogen and oxygen atoms in total. The third kappa shape index (κ3) is 5.79. The van der Waals surface area contributed by atoms with Gasteiger partial charge in [0.2, 0.25) is 6.79 Å². The lowest BCUT2D eigenvalue weighted by Crippen LogP contribution is -2.36. The number of para-hydroxylation sites is 2. The molecule has 3 rings (SSSR count). The summed E-state index contributed by atoms with van der Waals surface area (Å²) in [5.74, 6) is 1.26. The van der Waals surface area contributed by atoms with Gasteiger partial charge in [-0.2, -0.15) is 0 Å². The summed E-state index contributed by atoms with van der Waals surface area (Å²) in [6.45, 7) is 4.19. The maximum absolute atomic E-state index is 12.2. The van der Waals surface area contributed by atoms with Crippen LogP contribution in [-0.2, 0) is 20.9 Å². The Bertz CT molecular complexity index is 884. The summed E-state index contributed by atoms with van der Waals surface area (Å²) >= 11 is 0. The van der Waals surface area contributed by atoms with Crippen molar-refractivity contribution in [3.8, 4) is 23.0 Å². The highest BCUT2D eigenvalue weighted by Crippen LogP contribution is 2.32. The van der Waals surface area contributed by atoms with Crippen LogP contribution in [0.2, 0.25) is 0 Å². The molecule has 0 fully saturated rings. The van der Waals surface area contributed by atoms with Gasteiger partial charge in [-0.3, -0.25) is 4.79 Å². The molecule has 0 bridgehead atoms. The Morgan fingerprint density at radius 2 is 1.80 bits per heavy atom. The fourth-order valence-electron chi connectivity index (χ4n) is 2.71. The van der Waals surface area contributed by atoms with E-state index in [4.69, 9.17) is 23.7 Å². The minimum Gasteiger partial charge on any atom is -0.490 e. The van der Waals surface area contributed by atoms with Crippen LogP contribution < -0.4 is 24.3 Å². The van der Waals surface area contributed by atoms with Gasteiger partial charge in [-0.25, -0.2) is 4.79 Å². The van der Waals surface area contributed by atoms with Crippen molar-refractivity contribution in [2.75, 3.05) is 20.0 Å². The van der Waals surface area contributed by atoms with Crippen molar-refractivity contribution in [2.45, 2.75) is 32.9 Å². The summed E-state index contributed by atoms with van der Waals surface area (Å²) in [7, 11) is 0. The van der Waals surface area contributed by atoms with Crippen LogP contribution in [-0.4, -0.2) is 38.0 Å². The number of rotatable bonds is 10. The Kier molecular flexibility index (Phi) is 7.37. The van der Waals surface area contributed by atoms with Gasteiger partial charge in [0.25, 0.3) is 5.91 Å². The minimum atomic E-state index is -0.957. The molecule has 1 N–H and O–H groups in total. The number of amides is 1. The zero-order chi connectivity index (χ0) is 21.3. The first-order chi connectivity index (χ1) is 14.6. The molecule has 0 spiro atoms. The van der Waals surface area contributed by atoms with Crippen molar-refractivity contribution in [1.82, 2.24) is 5.32 Å². The number of nitrogens with one attached hydrogen (secondary N) is 1. The Morgan fingerprint density at radius 1 is 1.07 bits per heavy atom. The molecule has 0 radical (unpaired) electrons. The lowest BCUT2D eigenvalue weighted by molar-refractivity contribution is -0.156. The molecule has 0 aromatic heterocycles. The van der Waals surface area contributed by atoms with E-state index in [2.05, 4.69) is 5.32 Å². The summed E-state index contributed by atoms with van der Waals surface area (Å²) in [6.07, 6.45) is -0.100. The summed E-state index contributed by atoms with van der Waals surface area (Å²) in [5, 5.41) is 2.73. The van der Waals surface area contributed by atoms with E-state index in [9.17, 15) is 9.59 Å². The van der Waals surface area contributed by atoms with Crippen molar-refractivity contribution in [1.29, 1.82) is 0 Å². The Hall–Kier alpha value is -3.42. The first-order valence-electron chi connectivity index (χ1n) is 9.77. The third-order valence-electron chi connectivity index (χ3n) is 4.24. The fourth-order valence-corrected chi connectivity index (χ4v) is 2.71. The number of hydrogen-bond acceptors (Lipinski definition) is 7. The van der Waals surface area contributed by atoms with Crippen LogP contribution >= 0.6 is 0 Å². The second-order valence-electron chi connectivity index (χ2n) is 6.62. The second kappa shape index (κ2) is 10.4. The number of hydrogen-bond donors (Lipinski definition) is 1. The van der Waals surface area contributed by atoms with Crippen LogP contribution in [0.15, 0.2) is 42.5 Å². The highest BCUT2D eigenvalue weighted by molar-refractivity contribution is 5.83. The summed E-state index contributed by atoms with van der Waals surface area (Å²) in [4.78, 5) is 24.3. The predicted molar refractivity (Wildman–Crippen MR) is 108 cm³/mol. The number of carbonyl (C=O) groups excluding carboxylic acids is 2. The maximum atomic E-state index is 12.2. The van der Waals surface area contributed by atoms with Crippen LogP contribution in [0.5, 0.6) is 23.0 Å². The molecule has 0 saturated carbocycles. The topological polar surface area (TPSA) is 92.3 Å². The lowest BCUT2D eigenvalue weighted by Gasteiger charge is -2.15. The molecule has 1 amide bonds. The molecule has 1 atom stereocenters. The van der Waals surface area contributed by atoms with Crippen molar-refractivity contribution < 1.29 is 33.3 Å². The first-order valence-corrected chi connectivity index (χ1v) is 9.77. The van der Waals surface area contributed by atoms with Gasteiger partial charge in [0, 0.05) is 6.54 Å². The lowest BCUT2D eigenvalue weighted by atomic mass is 10.2. The molecule has 2 aromatic rings. The van der Waals surface area contributed by atoms with Gasteiger partial charge < -0.3 is 29.0 Å². The first kappa shape index (κ1) is 21.3. The largest absolute Gasteiger partial charge is 0.490 e. The monoisotopic (exact) mass is 415 g/mol. The zero-order valence-corrected chi connectivity index (χ0v) is 17.0. The molecule has 0 saturated heterocycles. The summed E-state index contributed by atoms with van der Waals surface area (Å²) in [6, 6.07) is 12.5. The van der Waals surface area contributed by atoms with Crippen molar-refractivity contribution >= 4 is 11.9 Å². The van der Waals surface area contributed by atoms with Gasteiger partial charge in [0.1, 0.15) is 0 Å².